The Morgan fingerprint density at radius 2 is 1.92 bits per heavy atom. The first kappa shape index (κ1) is 18.7. The number of aryl methyl sites for hydroxylation is 1. The number of benzene rings is 1. The second-order valence-electron chi connectivity index (χ2n) is 6.01. The summed E-state index contributed by atoms with van der Waals surface area (Å²) in [7, 11) is -4.06. The monoisotopic (exact) mass is 365 g/mol. The Labute approximate surface area is 138 Å². The van der Waals surface area contributed by atoms with E-state index in [1.807, 2.05) is 0 Å². The Morgan fingerprint density at radius 1 is 1.29 bits per heavy atom. The van der Waals surface area contributed by atoms with Crippen LogP contribution in [-0.2, 0) is 21.0 Å². The predicted octanol–water partition coefficient (Wildman–Crippen LogP) is 2.89. The molecule has 0 bridgehead atoms. The summed E-state index contributed by atoms with van der Waals surface area (Å²) in [5, 5.41) is 9.10. The molecule has 1 N–H and O–H groups in total. The lowest BCUT2D eigenvalue weighted by molar-refractivity contribution is -0.143. The van der Waals surface area contributed by atoms with Crippen molar-refractivity contribution in [2.75, 3.05) is 6.54 Å². The van der Waals surface area contributed by atoms with Gasteiger partial charge >= 0.3 is 12.1 Å². The van der Waals surface area contributed by atoms with Gasteiger partial charge < -0.3 is 5.11 Å². The molecule has 0 aromatic heterocycles. The Morgan fingerprint density at radius 3 is 2.42 bits per heavy atom. The minimum atomic E-state index is -4.56. The molecule has 2 atom stereocenters. The van der Waals surface area contributed by atoms with Gasteiger partial charge in [0.05, 0.1) is 16.4 Å². The van der Waals surface area contributed by atoms with Gasteiger partial charge in [0.25, 0.3) is 0 Å². The first-order valence-corrected chi connectivity index (χ1v) is 8.81. The summed E-state index contributed by atoms with van der Waals surface area (Å²) in [5.41, 5.74) is -1.08. The number of nitrogens with zero attached hydrogens (tertiary/aromatic N) is 1. The number of carboxylic acids is 1. The van der Waals surface area contributed by atoms with Crippen LogP contribution in [-0.4, -0.2) is 36.4 Å². The third-order valence-electron chi connectivity index (χ3n) is 4.28. The summed E-state index contributed by atoms with van der Waals surface area (Å²) >= 11 is 0. The molecule has 0 saturated carbocycles. The molecule has 24 heavy (non-hydrogen) atoms. The summed E-state index contributed by atoms with van der Waals surface area (Å²) in [6, 6.07) is 2.23. The highest BCUT2D eigenvalue weighted by atomic mass is 32.2. The topological polar surface area (TPSA) is 74.7 Å². The molecule has 9 heteroatoms. The Bertz CT molecular complexity index is 746. The fraction of sp³-hybridized carbons (Fsp3) is 0.533. The van der Waals surface area contributed by atoms with Crippen molar-refractivity contribution in [2.24, 2.45) is 5.92 Å². The van der Waals surface area contributed by atoms with Crippen molar-refractivity contribution in [3.63, 3.8) is 0 Å². The Balaban J connectivity index is 2.39. The predicted molar refractivity (Wildman–Crippen MR) is 79.9 cm³/mol. The first-order valence-electron chi connectivity index (χ1n) is 7.37. The van der Waals surface area contributed by atoms with Gasteiger partial charge in [0.1, 0.15) is 0 Å². The van der Waals surface area contributed by atoms with E-state index in [0.29, 0.717) is 12.8 Å². The quantitative estimate of drug-likeness (QED) is 0.894. The van der Waals surface area contributed by atoms with Crippen LogP contribution < -0.4 is 0 Å². The molecule has 5 nitrogen and oxygen atoms in total. The molecule has 0 radical (unpaired) electrons. The molecule has 1 fully saturated rings. The molecule has 1 aliphatic heterocycles. The molecule has 0 aliphatic carbocycles. The minimum absolute atomic E-state index is 0.182. The first-order chi connectivity index (χ1) is 10.9. The molecule has 1 aliphatic rings. The van der Waals surface area contributed by atoms with Crippen LogP contribution in [0.4, 0.5) is 13.2 Å². The zero-order valence-corrected chi connectivity index (χ0v) is 14.0. The van der Waals surface area contributed by atoms with Gasteiger partial charge in [-0.2, -0.15) is 17.5 Å². The smallest absolute Gasteiger partial charge is 0.416 e. The lowest BCUT2D eigenvalue weighted by Gasteiger charge is -2.35. The van der Waals surface area contributed by atoms with Gasteiger partial charge in [-0.15, -0.1) is 0 Å². The molecular formula is C15H18F3NO4S. The fourth-order valence-corrected chi connectivity index (χ4v) is 4.65. The van der Waals surface area contributed by atoms with Crippen molar-refractivity contribution in [3.8, 4) is 0 Å². The van der Waals surface area contributed by atoms with E-state index in [9.17, 15) is 26.4 Å². The maximum Gasteiger partial charge on any atom is 0.416 e. The number of carbonyl (C=O) groups is 1. The number of sulfonamides is 1. The molecule has 1 heterocycles. The van der Waals surface area contributed by atoms with Crippen molar-refractivity contribution in [2.45, 2.75) is 43.8 Å². The summed E-state index contributed by atoms with van der Waals surface area (Å²) in [6.45, 7) is 2.67. The second kappa shape index (κ2) is 6.36. The molecule has 1 aromatic carbocycles. The molecule has 134 valence electrons. The number of hydrogen-bond donors (Lipinski definition) is 1. The number of alkyl halides is 3. The summed E-state index contributed by atoms with van der Waals surface area (Å²) in [4.78, 5) is 10.9. The van der Waals surface area contributed by atoms with E-state index >= 15 is 0 Å². The number of carboxylic acid groups (broad SMARTS) is 1. The van der Waals surface area contributed by atoms with Crippen LogP contribution in [0.15, 0.2) is 23.1 Å². The van der Waals surface area contributed by atoms with Gasteiger partial charge in [0.2, 0.25) is 10.0 Å². The van der Waals surface area contributed by atoms with Crippen LogP contribution >= 0.6 is 0 Å². The van der Waals surface area contributed by atoms with E-state index < -0.39 is 39.7 Å². The van der Waals surface area contributed by atoms with Crippen LogP contribution in [0.1, 0.15) is 30.9 Å². The van der Waals surface area contributed by atoms with Gasteiger partial charge in [0, 0.05) is 12.6 Å². The minimum Gasteiger partial charge on any atom is -0.481 e. The average molecular weight is 365 g/mol. The highest BCUT2D eigenvalue weighted by molar-refractivity contribution is 7.89. The van der Waals surface area contributed by atoms with E-state index in [2.05, 4.69) is 0 Å². The lowest BCUT2D eigenvalue weighted by Crippen LogP contribution is -2.47. The Hall–Kier alpha value is -1.61. The van der Waals surface area contributed by atoms with E-state index in [0.717, 1.165) is 22.5 Å². The van der Waals surface area contributed by atoms with Crippen LogP contribution in [0.2, 0.25) is 0 Å². The van der Waals surface area contributed by atoms with Crippen LogP contribution in [0.5, 0.6) is 0 Å². The number of hydrogen-bond acceptors (Lipinski definition) is 3. The number of aliphatic carboxylic acids is 1. The van der Waals surface area contributed by atoms with Gasteiger partial charge in [-0.25, -0.2) is 8.42 Å². The standard InChI is InChI=1S/C15H18F3NO4S/c1-9-7-12(5-6-13(9)15(16,17)18)24(22,23)19-8-11(14(20)21)4-3-10(19)2/h5-7,10-11H,3-4,8H2,1-2H3,(H,20,21). The summed E-state index contributed by atoms with van der Waals surface area (Å²) < 4.78 is 65.0. The van der Waals surface area contributed by atoms with E-state index in [1.54, 1.807) is 6.92 Å². The SMILES string of the molecule is Cc1cc(S(=O)(=O)N2CC(C(=O)O)CCC2C)ccc1C(F)(F)F. The van der Waals surface area contributed by atoms with Crippen LogP contribution in [0.25, 0.3) is 0 Å². The maximum absolute atomic E-state index is 12.8. The molecule has 2 unspecified atom stereocenters. The molecule has 0 amide bonds. The zero-order chi connectivity index (χ0) is 18.3. The highest BCUT2D eigenvalue weighted by Gasteiger charge is 2.38. The molecule has 2 rings (SSSR count). The molecule has 0 spiro atoms. The summed E-state index contributed by atoms with van der Waals surface area (Å²) in [6.07, 6.45) is -3.80. The Kier molecular flexibility index (Phi) is 4.96. The zero-order valence-electron chi connectivity index (χ0n) is 13.2. The van der Waals surface area contributed by atoms with Crippen molar-refractivity contribution in [1.82, 2.24) is 4.31 Å². The van der Waals surface area contributed by atoms with E-state index in [-0.39, 0.29) is 17.0 Å². The number of rotatable bonds is 3. The number of halogens is 3. The second-order valence-corrected chi connectivity index (χ2v) is 7.90. The summed E-state index contributed by atoms with van der Waals surface area (Å²) in [5.74, 6) is -1.89. The highest BCUT2D eigenvalue weighted by Crippen LogP contribution is 2.34. The van der Waals surface area contributed by atoms with Gasteiger partial charge in [0.15, 0.2) is 0 Å². The maximum atomic E-state index is 12.8. The van der Waals surface area contributed by atoms with Crippen molar-refractivity contribution < 1.29 is 31.5 Å². The van der Waals surface area contributed by atoms with Crippen LogP contribution in [0, 0.1) is 12.8 Å². The van der Waals surface area contributed by atoms with E-state index in [4.69, 9.17) is 5.11 Å². The molecule has 1 saturated heterocycles. The normalized spacial score (nSPS) is 23.2. The van der Waals surface area contributed by atoms with Crippen molar-refractivity contribution in [3.05, 3.63) is 29.3 Å². The third kappa shape index (κ3) is 3.56. The molecule has 1 aromatic rings. The lowest BCUT2D eigenvalue weighted by atomic mass is 9.96. The van der Waals surface area contributed by atoms with Crippen molar-refractivity contribution >= 4 is 16.0 Å². The third-order valence-corrected chi connectivity index (χ3v) is 6.26. The van der Waals surface area contributed by atoms with E-state index in [1.165, 1.54) is 6.92 Å². The number of piperidine rings is 1. The largest absolute Gasteiger partial charge is 0.481 e. The fourth-order valence-electron chi connectivity index (χ4n) is 2.86. The van der Waals surface area contributed by atoms with Gasteiger partial charge in [-0.1, -0.05) is 0 Å². The molecular weight excluding hydrogens is 347 g/mol. The average Bonchev–Trinajstić information content (AvgIpc) is 2.45. The van der Waals surface area contributed by atoms with Gasteiger partial charge in [-0.3, -0.25) is 4.79 Å². The van der Waals surface area contributed by atoms with Gasteiger partial charge in [-0.05, 0) is 50.5 Å². The van der Waals surface area contributed by atoms with Crippen LogP contribution in [0.3, 0.4) is 0 Å². The van der Waals surface area contributed by atoms with Crippen molar-refractivity contribution in [1.29, 1.82) is 0 Å².